The molecule has 0 spiro atoms. The highest BCUT2D eigenvalue weighted by molar-refractivity contribution is 9.09. The van der Waals surface area contributed by atoms with Crippen molar-refractivity contribution in [3.8, 4) is 0 Å². The van der Waals surface area contributed by atoms with E-state index >= 15 is 0 Å². The van der Waals surface area contributed by atoms with Crippen molar-refractivity contribution in [2.45, 2.75) is 26.7 Å². The fourth-order valence-electron chi connectivity index (χ4n) is 1.87. The maximum absolute atomic E-state index is 12.9. The van der Waals surface area contributed by atoms with Crippen molar-refractivity contribution in [3.63, 3.8) is 0 Å². The van der Waals surface area contributed by atoms with Crippen LogP contribution in [-0.2, 0) is 6.42 Å². The molecule has 0 saturated heterocycles. The van der Waals surface area contributed by atoms with Crippen molar-refractivity contribution in [1.29, 1.82) is 0 Å². The average molecular weight is 308 g/mol. The third-order valence-electron chi connectivity index (χ3n) is 2.55. The molecule has 1 unspecified atom stereocenters. The van der Waals surface area contributed by atoms with Crippen LogP contribution >= 0.6 is 27.5 Å². The van der Waals surface area contributed by atoms with Crippen LogP contribution in [0.5, 0.6) is 0 Å². The van der Waals surface area contributed by atoms with Crippen molar-refractivity contribution >= 4 is 27.5 Å². The third kappa shape index (κ3) is 4.42. The molecule has 0 fully saturated rings. The molecule has 0 aliphatic heterocycles. The van der Waals surface area contributed by atoms with Gasteiger partial charge in [0.2, 0.25) is 0 Å². The first-order valence-corrected chi connectivity index (χ1v) is 7.02. The summed E-state index contributed by atoms with van der Waals surface area (Å²) >= 11 is 9.54. The van der Waals surface area contributed by atoms with E-state index in [2.05, 4.69) is 29.8 Å². The quantitative estimate of drug-likeness (QED) is 0.666. The van der Waals surface area contributed by atoms with E-state index in [4.69, 9.17) is 11.6 Å². The second-order valence-corrected chi connectivity index (χ2v) is 5.64. The minimum atomic E-state index is -0.270. The van der Waals surface area contributed by atoms with Gasteiger partial charge in [0.25, 0.3) is 0 Å². The lowest BCUT2D eigenvalue weighted by Crippen LogP contribution is -2.10. The lowest BCUT2D eigenvalue weighted by atomic mass is 9.92. The predicted molar refractivity (Wildman–Crippen MR) is 71.9 cm³/mol. The monoisotopic (exact) mass is 306 g/mol. The van der Waals surface area contributed by atoms with E-state index in [1.807, 2.05) is 0 Å². The van der Waals surface area contributed by atoms with Crippen LogP contribution in [0.15, 0.2) is 18.2 Å². The summed E-state index contributed by atoms with van der Waals surface area (Å²) in [5.41, 5.74) is 1.04. The van der Waals surface area contributed by atoms with Crippen LogP contribution in [0.1, 0.15) is 25.8 Å². The molecule has 0 heterocycles. The summed E-state index contributed by atoms with van der Waals surface area (Å²) in [6.07, 6.45) is 2.06. The van der Waals surface area contributed by atoms with Gasteiger partial charge in [0, 0.05) is 10.4 Å². The Balaban J connectivity index is 2.70. The van der Waals surface area contributed by atoms with Gasteiger partial charge in [-0.15, -0.1) is 0 Å². The Morgan fingerprint density at radius 3 is 2.56 bits per heavy atom. The van der Waals surface area contributed by atoms with Crippen LogP contribution in [0, 0.1) is 17.7 Å². The lowest BCUT2D eigenvalue weighted by Gasteiger charge is -2.17. The topological polar surface area (TPSA) is 0 Å². The number of hydrogen-bond acceptors (Lipinski definition) is 0. The molecule has 1 atom stereocenters. The zero-order valence-corrected chi connectivity index (χ0v) is 12.0. The van der Waals surface area contributed by atoms with Crippen molar-refractivity contribution < 1.29 is 4.39 Å². The van der Waals surface area contributed by atoms with Gasteiger partial charge in [-0.2, -0.15) is 0 Å². The van der Waals surface area contributed by atoms with Crippen LogP contribution in [0.4, 0.5) is 4.39 Å². The zero-order chi connectivity index (χ0) is 12.1. The molecule has 1 rings (SSSR count). The number of benzene rings is 1. The Morgan fingerprint density at radius 2 is 2.06 bits per heavy atom. The Morgan fingerprint density at radius 1 is 1.38 bits per heavy atom. The van der Waals surface area contributed by atoms with E-state index in [1.165, 1.54) is 12.1 Å². The predicted octanol–water partition coefficient (Wildman–Crippen LogP) is 5.08. The normalized spacial score (nSPS) is 13.1. The summed E-state index contributed by atoms with van der Waals surface area (Å²) in [6, 6.07) is 4.65. The van der Waals surface area contributed by atoms with Crippen LogP contribution in [0.2, 0.25) is 5.02 Å². The van der Waals surface area contributed by atoms with Crippen molar-refractivity contribution in [3.05, 3.63) is 34.6 Å². The highest BCUT2D eigenvalue weighted by atomic mass is 79.9. The molecule has 0 aliphatic carbocycles. The fraction of sp³-hybridized carbons (Fsp3) is 0.538. The molecule has 1 aromatic rings. The molecule has 0 N–H and O–H groups in total. The molecule has 0 aliphatic rings. The van der Waals surface area contributed by atoms with Crippen LogP contribution in [-0.4, -0.2) is 5.33 Å². The van der Waals surface area contributed by atoms with Gasteiger partial charge >= 0.3 is 0 Å². The van der Waals surface area contributed by atoms with Crippen LogP contribution in [0.3, 0.4) is 0 Å². The summed E-state index contributed by atoms with van der Waals surface area (Å²) < 4.78 is 12.9. The van der Waals surface area contributed by atoms with E-state index in [1.54, 1.807) is 6.07 Å². The van der Waals surface area contributed by atoms with E-state index in [0.717, 1.165) is 23.7 Å². The van der Waals surface area contributed by atoms with Gasteiger partial charge in [-0.3, -0.25) is 0 Å². The molecule has 16 heavy (non-hydrogen) atoms. The molecule has 0 aromatic heterocycles. The zero-order valence-electron chi connectivity index (χ0n) is 9.64. The highest BCUT2D eigenvalue weighted by Crippen LogP contribution is 2.24. The summed E-state index contributed by atoms with van der Waals surface area (Å²) in [6.45, 7) is 4.42. The number of rotatable bonds is 5. The van der Waals surface area contributed by atoms with Gasteiger partial charge in [-0.25, -0.2) is 4.39 Å². The van der Waals surface area contributed by atoms with Crippen LogP contribution in [0.25, 0.3) is 0 Å². The molecule has 90 valence electrons. The first-order chi connectivity index (χ1) is 7.52. The van der Waals surface area contributed by atoms with Gasteiger partial charge in [0.05, 0.1) is 0 Å². The highest BCUT2D eigenvalue weighted by Gasteiger charge is 2.12. The van der Waals surface area contributed by atoms with Crippen molar-refractivity contribution in [1.82, 2.24) is 0 Å². The summed E-state index contributed by atoms with van der Waals surface area (Å²) in [7, 11) is 0. The molecule has 0 radical (unpaired) electrons. The summed E-state index contributed by atoms with van der Waals surface area (Å²) in [5, 5.41) is 1.49. The first-order valence-electron chi connectivity index (χ1n) is 5.52. The second kappa shape index (κ2) is 6.61. The molecule has 0 saturated carbocycles. The second-order valence-electron chi connectivity index (χ2n) is 4.59. The maximum Gasteiger partial charge on any atom is 0.124 e. The SMILES string of the molecule is CC(C)CC(CBr)Cc1ccc(F)cc1Cl. The van der Waals surface area contributed by atoms with Gasteiger partial charge in [0.1, 0.15) is 5.82 Å². The number of hydrogen-bond donors (Lipinski definition) is 0. The number of halogens is 3. The minimum Gasteiger partial charge on any atom is -0.207 e. The average Bonchev–Trinajstić information content (AvgIpc) is 2.20. The minimum absolute atomic E-state index is 0.270. The van der Waals surface area contributed by atoms with Crippen molar-refractivity contribution in [2.75, 3.05) is 5.33 Å². The molecule has 1 aromatic carbocycles. The van der Waals surface area contributed by atoms with E-state index < -0.39 is 0 Å². The first kappa shape index (κ1) is 14.0. The molecule has 3 heteroatoms. The van der Waals surface area contributed by atoms with Gasteiger partial charge in [-0.05, 0) is 42.4 Å². The smallest absolute Gasteiger partial charge is 0.124 e. The Kier molecular flexibility index (Phi) is 5.77. The third-order valence-corrected chi connectivity index (χ3v) is 3.81. The van der Waals surface area contributed by atoms with E-state index in [9.17, 15) is 4.39 Å². The molecular weight excluding hydrogens is 290 g/mol. The van der Waals surface area contributed by atoms with Gasteiger partial charge < -0.3 is 0 Å². The molecular formula is C13H17BrClF. The van der Waals surface area contributed by atoms with Gasteiger partial charge in [-0.1, -0.05) is 47.4 Å². The summed E-state index contributed by atoms with van der Waals surface area (Å²) in [4.78, 5) is 0. The Bertz CT molecular complexity index is 339. The van der Waals surface area contributed by atoms with E-state index in [0.29, 0.717) is 16.9 Å². The summed E-state index contributed by atoms with van der Waals surface area (Å²) in [5.74, 6) is 0.956. The largest absolute Gasteiger partial charge is 0.207 e. The van der Waals surface area contributed by atoms with E-state index in [-0.39, 0.29) is 5.82 Å². The maximum atomic E-state index is 12.9. The molecule has 0 nitrogen and oxygen atoms in total. The Hall–Kier alpha value is -0.0800. The van der Waals surface area contributed by atoms with Crippen LogP contribution < -0.4 is 0 Å². The molecule has 0 amide bonds. The Labute approximate surface area is 110 Å². The van der Waals surface area contributed by atoms with Gasteiger partial charge in [0.15, 0.2) is 0 Å². The fourth-order valence-corrected chi connectivity index (χ4v) is 2.60. The number of alkyl halides is 1. The lowest BCUT2D eigenvalue weighted by molar-refractivity contribution is 0.445. The molecule has 0 bridgehead atoms. The standard InChI is InChI=1S/C13H17BrClF/c1-9(2)5-10(8-14)6-11-3-4-12(16)7-13(11)15/h3-4,7,9-10H,5-6,8H2,1-2H3. The van der Waals surface area contributed by atoms with Crippen molar-refractivity contribution in [2.24, 2.45) is 11.8 Å².